The van der Waals surface area contributed by atoms with E-state index >= 15 is 0 Å². The summed E-state index contributed by atoms with van der Waals surface area (Å²) < 4.78 is 24.2. The molecule has 7 nitrogen and oxygen atoms in total. The van der Waals surface area contributed by atoms with Crippen molar-refractivity contribution in [2.45, 2.75) is 37.1 Å². The van der Waals surface area contributed by atoms with Gasteiger partial charge in [-0.05, 0) is 44.0 Å². The van der Waals surface area contributed by atoms with Crippen LogP contribution < -0.4 is 10.6 Å². The van der Waals surface area contributed by atoms with E-state index in [-0.39, 0.29) is 10.8 Å². The first-order valence-corrected chi connectivity index (χ1v) is 10.3. The lowest BCUT2D eigenvalue weighted by Crippen LogP contribution is -2.30. The molecule has 3 rings (SSSR count). The third kappa shape index (κ3) is 4.52. The summed E-state index contributed by atoms with van der Waals surface area (Å²) >= 11 is 0. The number of aryl methyl sites for hydroxylation is 1. The Morgan fingerprint density at radius 1 is 1.36 bits per heavy atom. The Morgan fingerprint density at radius 3 is 2.88 bits per heavy atom. The SMILES string of the molecule is Cc1ccnc(CNc2ncc(S(C)(=O)=O)c(C3CCCNC3)n2)c1. The van der Waals surface area contributed by atoms with Crippen molar-refractivity contribution in [3.05, 3.63) is 41.5 Å². The average Bonchev–Trinajstić information content (AvgIpc) is 2.60. The smallest absolute Gasteiger partial charge is 0.223 e. The highest BCUT2D eigenvalue weighted by atomic mass is 32.2. The highest BCUT2D eigenvalue weighted by Gasteiger charge is 2.25. The quantitative estimate of drug-likeness (QED) is 0.836. The topological polar surface area (TPSA) is 96.9 Å². The van der Waals surface area contributed by atoms with Crippen molar-refractivity contribution in [3.8, 4) is 0 Å². The highest BCUT2D eigenvalue weighted by molar-refractivity contribution is 7.90. The predicted molar refractivity (Wildman–Crippen MR) is 96.3 cm³/mol. The summed E-state index contributed by atoms with van der Waals surface area (Å²) in [6.45, 7) is 4.19. The van der Waals surface area contributed by atoms with E-state index in [1.807, 2.05) is 19.1 Å². The minimum Gasteiger partial charge on any atom is -0.349 e. The van der Waals surface area contributed by atoms with Gasteiger partial charge in [0, 0.05) is 24.9 Å². The van der Waals surface area contributed by atoms with Gasteiger partial charge in [-0.25, -0.2) is 18.4 Å². The van der Waals surface area contributed by atoms with E-state index in [9.17, 15) is 8.42 Å². The fourth-order valence-electron chi connectivity index (χ4n) is 3.00. The first-order chi connectivity index (χ1) is 11.9. The van der Waals surface area contributed by atoms with Crippen molar-refractivity contribution in [2.24, 2.45) is 0 Å². The Bertz CT molecular complexity index is 848. The number of aromatic nitrogens is 3. The molecule has 0 spiro atoms. The summed E-state index contributed by atoms with van der Waals surface area (Å²) in [6.07, 6.45) is 6.31. The van der Waals surface area contributed by atoms with Crippen LogP contribution in [-0.2, 0) is 16.4 Å². The molecule has 1 aliphatic heterocycles. The van der Waals surface area contributed by atoms with Gasteiger partial charge in [-0.2, -0.15) is 0 Å². The number of hydrogen-bond donors (Lipinski definition) is 2. The molecule has 2 N–H and O–H groups in total. The van der Waals surface area contributed by atoms with Crippen molar-refractivity contribution in [1.82, 2.24) is 20.3 Å². The molecule has 134 valence electrons. The number of nitrogens with zero attached hydrogens (tertiary/aromatic N) is 3. The molecule has 0 saturated carbocycles. The first-order valence-electron chi connectivity index (χ1n) is 8.36. The zero-order valence-electron chi connectivity index (χ0n) is 14.5. The second-order valence-corrected chi connectivity index (χ2v) is 8.42. The molecule has 0 radical (unpaired) electrons. The summed E-state index contributed by atoms with van der Waals surface area (Å²) in [5, 5.41) is 6.46. The van der Waals surface area contributed by atoms with Gasteiger partial charge in [0.05, 0.1) is 24.1 Å². The molecule has 1 atom stereocenters. The number of hydrogen-bond acceptors (Lipinski definition) is 7. The lowest BCUT2D eigenvalue weighted by molar-refractivity contribution is 0.448. The van der Waals surface area contributed by atoms with Crippen LogP contribution in [0.4, 0.5) is 5.95 Å². The maximum Gasteiger partial charge on any atom is 0.223 e. The molecular weight excluding hydrogens is 338 g/mol. The van der Waals surface area contributed by atoms with Gasteiger partial charge in [-0.3, -0.25) is 4.98 Å². The van der Waals surface area contributed by atoms with Gasteiger partial charge in [0.15, 0.2) is 9.84 Å². The van der Waals surface area contributed by atoms with E-state index in [4.69, 9.17) is 0 Å². The van der Waals surface area contributed by atoms with Gasteiger partial charge in [-0.1, -0.05) is 0 Å². The molecule has 1 fully saturated rings. The van der Waals surface area contributed by atoms with Gasteiger partial charge in [0.1, 0.15) is 4.90 Å². The number of rotatable bonds is 5. The summed E-state index contributed by atoms with van der Waals surface area (Å²) in [5.74, 6) is 0.510. The summed E-state index contributed by atoms with van der Waals surface area (Å²) in [4.78, 5) is 13.2. The van der Waals surface area contributed by atoms with E-state index in [0.29, 0.717) is 18.2 Å². The molecule has 2 aromatic heterocycles. The molecule has 0 bridgehead atoms. The lowest BCUT2D eigenvalue weighted by atomic mass is 9.96. The van der Waals surface area contributed by atoms with Gasteiger partial charge in [0.25, 0.3) is 0 Å². The molecule has 25 heavy (non-hydrogen) atoms. The second-order valence-electron chi connectivity index (χ2n) is 6.44. The monoisotopic (exact) mass is 361 g/mol. The van der Waals surface area contributed by atoms with Crippen LogP contribution >= 0.6 is 0 Å². The first kappa shape index (κ1) is 17.8. The Labute approximate surface area is 148 Å². The molecule has 0 aliphatic carbocycles. The third-order valence-corrected chi connectivity index (χ3v) is 5.38. The zero-order valence-corrected chi connectivity index (χ0v) is 15.3. The van der Waals surface area contributed by atoms with Crippen LogP contribution in [-0.4, -0.2) is 42.7 Å². The number of piperidine rings is 1. The van der Waals surface area contributed by atoms with E-state index < -0.39 is 9.84 Å². The normalized spacial score (nSPS) is 18.1. The van der Waals surface area contributed by atoms with Gasteiger partial charge < -0.3 is 10.6 Å². The predicted octanol–water partition coefficient (Wildman–Crippen LogP) is 1.66. The van der Waals surface area contributed by atoms with E-state index in [1.54, 1.807) is 6.20 Å². The standard InChI is InChI=1S/C17H23N5O2S/c1-12-5-7-19-14(8-12)10-20-17-21-11-15(25(2,23)24)16(22-17)13-4-3-6-18-9-13/h5,7-8,11,13,18H,3-4,6,9-10H2,1-2H3,(H,20,21,22). The summed E-state index contributed by atoms with van der Waals surface area (Å²) in [6, 6.07) is 3.93. The van der Waals surface area contributed by atoms with Crippen LogP contribution in [0.15, 0.2) is 29.4 Å². The van der Waals surface area contributed by atoms with Crippen LogP contribution in [0.1, 0.15) is 35.7 Å². The summed E-state index contributed by atoms with van der Waals surface area (Å²) in [5.41, 5.74) is 2.62. The van der Waals surface area contributed by atoms with Gasteiger partial charge in [0.2, 0.25) is 5.95 Å². The van der Waals surface area contributed by atoms with Crippen molar-refractivity contribution < 1.29 is 8.42 Å². The fraction of sp³-hybridized carbons (Fsp3) is 0.471. The Hall–Kier alpha value is -2.06. The molecule has 1 aliphatic rings. The maximum absolute atomic E-state index is 12.1. The van der Waals surface area contributed by atoms with E-state index in [1.165, 1.54) is 12.5 Å². The van der Waals surface area contributed by atoms with Gasteiger partial charge >= 0.3 is 0 Å². The zero-order chi connectivity index (χ0) is 17.9. The van der Waals surface area contributed by atoms with Crippen LogP contribution in [0, 0.1) is 6.92 Å². The number of sulfone groups is 1. The molecule has 2 aromatic rings. The van der Waals surface area contributed by atoms with Crippen LogP contribution in [0.25, 0.3) is 0 Å². The average molecular weight is 361 g/mol. The Kier molecular flexibility index (Phi) is 5.29. The molecule has 0 amide bonds. The molecule has 1 unspecified atom stereocenters. The minimum absolute atomic E-state index is 0.0825. The Morgan fingerprint density at radius 2 is 2.20 bits per heavy atom. The van der Waals surface area contributed by atoms with Crippen molar-refractivity contribution in [3.63, 3.8) is 0 Å². The molecule has 0 aromatic carbocycles. The van der Waals surface area contributed by atoms with E-state index in [2.05, 4.69) is 25.6 Å². The number of nitrogens with one attached hydrogen (secondary N) is 2. The van der Waals surface area contributed by atoms with Crippen molar-refractivity contribution in [2.75, 3.05) is 24.7 Å². The van der Waals surface area contributed by atoms with Crippen LogP contribution in [0.5, 0.6) is 0 Å². The number of anilines is 1. The van der Waals surface area contributed by atoms with Gasteiger partial charge in [-0.15, -0.1) is 0 Å². The third-order valence-electron chi connectivity index (χ3n) is 4.27. The van der Waals surface area contributed by atoms with Crippen LogP contribution in [0.3, 0.4) is 0 Å². The van der Waals surface area contributed by atoms with Crippen LogP contribution in [0.2, 0.25) is 0 Å². The molecule has 3 heterocycles. The lowest BCUT2D eigenvalue weighted by Gasteiger charge is -2.24. The minimum atomic E-state index is -3.37. The molecular formula is C17H23N5O2S. The van der Waals surface area contributed by atoms with Crippen molar-refractivity contribution in [1.29, 1.82) is 0 Å². The highest BCUT2D eigenvalue weighted by Crippen LogP contribution is 2.27. The Balaban J connectivity index is 1.85. The fourth-order valence-corrected chi connectivity index (χ4v) is 3.83. The molecule has 1 saturated heterocycles. The number of pyridine rings is 1. The maximum atomic E-state index is 12.1. The second kappa shape index (κ2) is 7.45. The van der Waals surface area contributed by atoms with E-state index in [0.717, 1.165) is 37.2 Å². The van der Waals surface area contributed by atoms with Crippen molar-refractivity contribution >= 4 is 15.8 Å². The summed E-state index contributed by atoms with van der Waals surface area (Å²) in [7, 11) is -3.37. The largest absolute Gasteiger partial charge is 0.349 e. The molecule has 8 heteroatoms.